The Morgan fingerprint density at radius 2 is 2.00 bits per heavy atom. The highest BCUT2D eigenvalue weighted by atomic mass is 32.2. The molecule has 0 bridgehead atoms. The van der Waals surface area contributed by atoms with Gasteiger partial charge in [-0.1, -0.05) is 6.92 Å². The van der Waals surface area contributed by atoms with Crippen LogP contribution in [-0.4, -0.2) is 51.4 Å². The van der Waals surface area contributed by atoms with Crippen molar-refractivity contribution in [1.82, 2.24) is 14.9 Å². The van der Waals surface area contributed by atoms with E-state index in [-0.39, 0.29) is 15.9 Å². The number of hydrogen-bond acceptors (Lipinski definition) is 6. The Morgan fingerprint density at radius 1 is 1.30 bits per heavy atom. The van der Waals surface area contributed by atoms with Gasteiger partial charge in [0.2, 0.25) is 10.0 Å². The van der Waals surface area contributed by atoms with Gasteiger partial charge < -0.3 is 15.8 Å². The fraction of sp³-hybridized carbons (Fsp3) is 0.529. The maximum atomic E-state index is 13.1. The predicted molar refractivity (Wildman–Crippen MR) is 97.6 cm³/mol. The van der Waals surface area contributed by atoms with Crippen molar-refractivity contribution in [2.24, 2.45) is 11.1 Å². The third-order valence-corrected chi connectivity index (χ3v) is 7.25. The average molecular weight is 396 g/mol. The van der Waals surface area contributed by atoms with E-state index >= 15 is 0 Å². The number of urea groups is 1. The fourth-order valence-corrected chi connectivity index (χ4v) is 5.09. The second-order valence-electron chi connectivity index (χ2n) is 7.50. The Bertz CT molecular complexity index is 903. The number of benzene rings is 1. The molecule has 3 rings (SSSR count). The lowest BCUT2D eigenvalue weighted by atomic mass is 9.90. The van der Waals surface area contributed by atoms with E-state index in [0.29, 0.717) is 31.8 Å². The lowest BCUT2D eigenvalue weighted by molar-refractivity contribution is -0.123. The molecule has 2 saturated heterocycles. The first kappa shape index (κ1) is 19.6. The van der Waals surface area contributed by atoms with Gasteiger partial charge in [0.25, 0.3) is 5.91 Å². The molecule has 2 aliphatic heterocycles. The third-order valence-electron chi connectivity index (χ3n) is 5.41. The molecular weight excluding hydrogens is 372 g/mol. The Labute approximate surface area is 158 Å². The van der Waals surface area contributed by atoms with Crippen LogP contribution in [0.25, 0.3) is 0 Å². The monoisotopic (exact) mass is 396 g/mol. The van der Waals surface area contributed by atoms with E-state index in [2.05, 4.69) is 10.6 Å². The summed E-state index contributed by atoms with van der Waals surface area (Å²) in [5.74, 6) is -0.265. The van der Waals surface area contributed by atoms with E-state index < -0.39 is 27.5 Å². The van der Waals surface area contributed by atoms with Crippen LogP contribution in [0.4, 0.5) is 4.79 Å². The van der Waals surface area contributed by atoms with Crippen LogP contribution >= 0.6 is 0 Å². The zero-order valence-electron chi connectivity index (χ0n) is 15.5. The van der Waals surface area contributed by atoms with Gasteiger partial charge in [-0.05, 0) is 43.5 Å². The normalized spacial score (nSPS) is 28.9. The highest BCUT2D eigenvalue weighted by molar-refractivity contribution is 7.89. The number of nitrogens with zero attached hydrogens (tertiary/aromatic N) is 1. The third kappa shape index (κ3) is 3.17. The minimum Gasteiger partial charge on any atom is -0.496 e. The Balaban J connectivity index is 2.04. The molecule has 10 heteroatoms. The number of rotatable bonds is 5. The second-order valence-corrected chi connectivity index (χ2v) is 9.44. The van der Waals surface area contributed by atoms with Crippen LogP contribution in [0.15, 0.2) is 23.1 Å². The van der Waals surface area contributed by atoms with Gasteiger partial charge in [-0.15, -0.1) is 0 Å². The number of imide groups is 1. The molecule has 2 fully saturated rings. The van der Waals surface area contributed by atoms with E-state index in [1.54, 1.807) is 0 Å². The van der Waals surface area contributed by atoms with Crippen LogP contribution in [0.2, 0.25) is 0 Å². The smallest absolute Gasteiger partial charge is 0.322 e. The molecule has 4 N–H and O–H groups in total. The fourth-order valence-electron chi connectivity index (χ4n) is 3.47. The van der Waals surface area contributed by atoms with Gasteiger partial charge in [0, 0.05) is 18.7 Å². The molecule has 0 spiro atoms. The first-order valence-electron chi connectivity index (χ1n) is 8.58. The zero-order valence-corrected chi connectivity index (χ0v) is 16.4. The standard InChI is InChI=1S/C17H24N4O5S/c1-16(9-18)6-7-21(10-16)27(24,25)11-4-5-13(26-3)12(8-11)17(2)14(22)19-15(23)20-17/h4-5,8H,6-7,9-10,18H2,1-3H3,(H2,19,20,22,23). The number of hydrogen-bond donors (Lipinski definition) is 3. The van der Waals surface area contributed by atoms with E-state index in [1.807, 2.05) is 6.92 Å². The first-order chi connectivity index (χ1) is 12.6. The van der Waals surface area contributed by atoms with Gasteiger partial charge in [0.1, 0.15) is 11.3 Å². The molecule has 0 aliphatic carbocycles. The topological polar surface area (TPSA) is 131 Å². The Morgan fingerprint density at radius 3 is 2.52 bits per heavy atom. The molecule has 1 aromatic rings. The molecule has 148 valence electrons. The van der Waals surface area contributed by atoms with Crippen LogP contribution in [0.3, 0.4) is 0 Å². The molecular formula is C17H24N4O5S. The number of amides is 3. The molecule has 3 amide bonds. The minimum absolute atomic E-state index is 0.0368. The highest BCUT2D eigenvalue weighted by Crippen LogP contribution is 2.37. The van der Waals surface area contributed by atoms with Crippen molar-refractivity contribution in [2.45, 2.75) is 30.7 Å². The summed E-state index contributed by atoms with van der Waals surface area (Å²) >= 11 is 0. The Hall–Kier alpha value is -2.17. The summed E-state index contributed by atoms with van der Waals surface area (Å²) in [6.45, 7) is 4.58. The molecule has 9 nitrogen and oxygen atoms in total. The molecule has 0 aromatic heterocycles. The van der Waals surface area contributed by atoms with Crippen molar-refractivity contribution >= 4 is 22.0 Å². The average Bonchev–Trinajstić information content (AvgIpc) is 3.15. The molecule has 2 atom stereocenters. The van der Waals surface area contributed by atoms with Crippen molar-refractivity contribution in [2.75, 3.05) is 26.7 Å². The number of carbonyl (C=O) groups is 2. The molecule has 2 heterocycles. The van der Waals surface area contributed by atoms with E-state index in [4.69, 9.17) is 10.5 Å². The van der Waals surface area contributed by atoms with Crippen molar-refractivity contribution in [3.8, 4) is 5.75 Å². The maximum Gasteiger partial charge on any atom is 0.322 e. The summed E-state index contributed by atoms with van der Waals surface area (Å²) in [6, 6.07) is 3.67. The number of ether oxygens (including phenoxy) is 1. The number of carbonyl (C=O) groups excluding carboxylic acids is 2. The van der Waals surface area contributed by atoms with E-state index in [1.165, 1.54) is 36.5 Å². The van der Waals surface area contributed by atoms with Crippen molar-refractivity contribution in [1.29, 1.82) is 0 Å². The quantitative estimate of drug-likeness (QED) is 0.606. The number of nitrogens with two attached hydrogens (primary N) is 1. The minimum atomic E-state index is -3.78. The molecule has 2 unspecified atom stereocenters. The van der Waals surface area contributed by atoms with Crippen LogP contribution in [-0.2, 0) is 20.4 Å². The van der Waals surface area contributed by atoms with Gasteiger partial charge in [0.05, 0.1) is 12.0 Å². The largest absolute Gasteiger partial charge is 0.496 e. The molecule has 1 aromatic carbocycles. The van der Waals surface area contributed by atoms with Crippen LogP contribution in [0.5, 0.6) is 5.75 Å². The Kier molecular flexibility index (Phi) is 4.69. The number of nitrogens with one attached hydrogen (secondary N) is 2. The molecule has 2 aliphatic rings. The summed E-state index contributed by atoms with van der Waals surface area (Å²) in [5, 5.41) is 4.71. The van der Waals surface area contributed by atoms with Gasteiger partial charge in [-0.2, -0.15) is 4.31 Å². The number of sulfonamides is 1. The maximum absolute atomic E-state index is 13.1. The van der Waals surface area contributed by atoms with Crippen LogP contribution < -0.4 is 21.1 Å². The first-order valence-corrected chi connectivity index (χ1v) is 10.0. The SMILES string of the molecule is COc1ccc(S(=O)(=O)N2CCC(C)(CN)C2)cc1C1(C)NC(=O)NC1=O. The van der Waals surface area contributed by atoms with E-state index in [0.717, 1.165) is 0 Å². The van der Waals surface area contributed by atoms with Gasteiger partial charge >= 0.3 is 6.03 Å². The van der Waals surface area contributed by atoms with Crippen LogP contribution in [0.1, 0.15) is 25.8 Å². The summed E-state index contributed by atoms with van der Waals surface area (Å²) in [4.78, 5) is 23.9. The van der Waals surface area contributed by atoms with E-state index in [9.17, 15) is 18.0 Å². The van der Waals surface area contributed by atoms with Gasteiger partial charge in [-0.3, -0.25) is 10.1 Å². The second kappa shape index (κ2) is 6.47. The number of methoxy groups -OCH3 is 1. The molecule has 0 radical (unpaired) electrons. The van der Waals surface area contributed by atoms with Gasteiger partial charge in [0.15, 0.2) is 0 Å². The lowest BCUT2D eigenvalue weighted by Crippen LogP contribution is -2.41. The summed E-state index contributed by atoms with van der Waals surface area (Å²) in [6.07, 6.45) is 0.682. The summed E-state index contributed by atoms with van der Waals surface area (Å²) in [5.41, 5.74) is 4.37. The summed E-state index contributed by atoms with van der Waals surface area (Å²) in [7, 11) is -2.36. The summed E-state index contributed by atoms with van der Waals surface area (Å²) < 4.78 is 32.9. The molecule has 27 heavy (non-hydrogen) atoms. The molecule has 0 saturated carbocycles. The lowest BCUT2D eigenvalue weighted by Gasteiger charge is -2.25. The van der Waals surface area contributed by atoms with Crippen LogP contribution in [0, 0.1) is 5.41 Å². The highest BCUT2D eigenvalue weighted by Gasteiger charge is 2.46. The zero-order chi connectivity index (χ0) is 20.0. The predicted octanol–water partition coefficient (Wildman–Crippen LogP) is 0.109. The van der Waals surface area contributed by atoms with Crippen molar-refractivity contribution < 1.29 is 22.7 Å². The van der Waals surface area contributed by atoms with Crippen molar-refractivity contribution in [3.05, 3.63) is 23.8 Å². The van der Waals surface area contributed by atoms with Gasteiger partial charge in [-0.25, -0.2) is 13.2 Å². The van der Waals surface area contributed by atoms with Crippen molar-refractivity contribution in [3.63, 3.8) is 0 Å².